The van der Waals surface area contributed by atoms with Crippen molar-refractivity contribution in [2.24, 2.45) is 11.8 Å². The first-order valence-electron chi connectivity index (χ1n) is 11.8. The second-order valence-electron chi connectivity index (χ2n) is 9.11. The van der Waals surface area contributed by atoms with Crippen molar-refractivity contribution in [3.8, 4) is 0 Å². The smallest absolute Gasteiger partial charge is 0.340 e. The molecule has 2 aliphatic rings. The third kappa shape index (κ3) is 5.31. The lowest BCUT2D eigenvalue weighted by Gasteiger charge is -2.35. The van der Waals surface area contributed by atoms with Crippen LogP contribution in [0, 0.1) is 25.7 Å². The molecule has 0 aromatic carbocycles. The fourth-order valence-corrected chi connectivity index (χ4v) is 5.03. The van der Waals surface area contributed by atoms with Crippen LogP contribution in [0.2, 0.25) is 0 Å². The van der Waals surface area contributed by atoms with E-state index in [9.17, 15) is 14.4 Å². The fraction of sp³-hybridized carbons (Fsp3) is 0.708. The Labute approximate surface area is 185 Å². The molecule has 0 radical (unpaired) electrons. The van der Waals surface area contributed by atoms with Gasteiger partial charge in [-0.3, -0.25) is 9.59 Å². The molecular formula is C24H37N3O4. The number of likely N-dealkylation sites (tertiary alicyclic amines) is 1. The van der Waals surface area contributed by atoms with Crippen LogP contribution in [-0.2, 0) is 9.53 Å². The van der Waals surface area contributed by atoms with E-state index < -0.39 is 5.97 Å². The summed E-state index contributed by atoms with van der Waals surface area (Å²) in [5, 5.41) is 3.24. The Kier molecular flexibility index (Phi) is 7.79. The molecule has 1 atom stereocenters. The van der Waals surface area contributed by atoms with Crippen molar-refractivity contribution in [3.63, 3.8) is 0 Å². The summed E-state index contributed by atoms with van der Waals surface area (Å²) in [5.74, 6) is -0.0805. The Bertz CT molecular complexity index is 802. The van der Waals surface area contributed by atoms with Gasteiger partial charge in [-0.1, -0.05) is 26.2 Å². The van der Waals surface area contributed by atoms with Crippen molar-refractivity contribution in [2.45, 2.75) is 78.7 Å². The number of hydrogen-bond acceptors (Lipinski definition) is 4. The van der Waals surface area contributed by atoms with Crippen molar-refractivity contribution in [1.29, 1.82) is 0 Å². The zero-order valence-electron chi connectivity index (χ0n) is 19.4. The first-order valence-corrected chi connectivity index (χ1v) is 11.8. The van der Waals surface area contributed by atoms with Gasteiger partial charge < -0.3 is 19.9 Å². The number of rotatable bonds is 6. The third-order valence-electron chi connectivity index (χ3n) is 7.03. The Balaban J connectivity index is 1.56. The summed E-state index contributed by atoms with van der Waals surface area (Å²) in [6.45, 7) is 8.90. The van der Waals surface area contributed by atoms with Crippen molar-refractivity contribution in [1.82, 2.24) is 15.2 Å². The predicted molar refractivity (Wildman–Crippen MR) is 119 cm³/mol. The number of aromatic nitrogens is 1. The summed E-state index contributed by atoms with van der Waals surface area (Å²) in [4.78, 5) is 42.9. The van der Waals surface area contributed by atoms with Gasteiger partial charge >= 0.3 is 5.97 Å². The summed E-state index contributed by atoms with van der Waals surface area (Å²) in [7, 11) is 0. The molecule has 1 aromatic heterocycles. The average molecular weight is 432 g/mol. The molecule has 7 nitrogen and oxygen atoms in total. The van der Waals surface area contributed by atoms with Crippen LogP contribution in [0.25, 0.3) is 0 Å². The largest absolute Gasteiger partial charge is 0.462 e. The molecule has 31 heavy (non-hydrogen) atoms. The third-order valence-corrected chi connectivity index (χ3v) is 7.03. The molecule has 1 unspecified atom stereocenters. The van der Waals surface area contributed by atoms with Gasteiger partial charge in [0.05, 0.1) is 12.2 Å². The van der Waals surface area contributed by atoms with E-state index in [2.05, 4.69) is 10.3 Å². The van der Waals surface area contributed by atoms with E-state index >= 15 is 0 Å². The summed E-state index contributed by atoms with van der Waals surface area (Å²) in [6.07, 6.45) is 7.49. The first kappa shape index (κ1) is 23.4. The number of aromatic amines is 1. The van der Waals surface area contributed by atoms with E-state index in [4.69, 9.17) is 4.74 Å². The minimum Gasteiger partial charge on any atom is -0.462 e. The standard InChI is InChI=1S/C24H37N3O4/c1-5-31-24(30)20-16(3)21(25-17(20)4)23(29)27-13-11-18(12-14-27)15(2)22(28)26-19-9-7-6-8-10-19/h15,18-19,25H,5-14H2,1-4H3,(H,26,28). The molecule has 172 valence electrons. The van der Waals surface area contributed by atoms with Gasteiger partial charge in [0.1, 0.15) is 5.69 Å². The van der Waals surface area contributed by atoms with Crippen LogP contribution in [0.3, 0.4) is 0 Å². The Hall–Kier alpha value is -2.31. The monoisotopic (exact) mass is 431 g/mol. The van der Waals surface area contributed by atoms with Crippen LogP contribution < -0.4 is 5.32 Å². The lowest BCUT2D eigenvalue weighted by Crippen LogP contribution is -2.45. The molecule has 1 aliphatic carbocycles. The Morgan fingerprint density at radius 1 is 1.10 bits per heavy atom. The first-order chi connectivity index (χ1) is 14.8. The molecule has 0 bridgehead atoms. The minimum absolute atomic E-state index is 0.0379. The number of ether oxygens (including phenoxy) is 1. The van der Waals surface area contributed by atoms with Gasteiger partial charge in [-0.25, -0.2) is 4.79 Å². The van der Waals surface area contributed by atoms with Crippen LogP contribution in [0.15, 0.2) is 0 Å². The molecule has 2 heterocycles. The van der Waals surface area contributed by atoms with E-state index in [0.29, 0.717) is 48.3 Å². The molecular weight excluding hydrogens is 394 g/mol. The van der Waals surface area contributed by atoms with Crippen molar-refractivity contribution in [2.75, 3.05) is 19.7 Å². The highest BCUT2D eigenvalue weighted by molar-refractivity contribution is 6.00. The van der Waals surface area contributed by atoms with E-state index in [1.807, 2.05) is 11.8 Å². The van der Waals surface area contributed by atoms with Crippen LogP contribution in [0.1, 0.15) is 90.9 Å². The van der Waals surface area contributed by atoms with Gasteiger partial charge in [0.2, 0.25) is 5.91 Å². The molecule has 2 fully saturated rings. The predicted octanol–water partition coefficient (Wildman–Crippen LogP) is 3.75. The highest BCUT2D eigenvalue weighted by Crippen LogP contribution is 2.28. The number of hydrogen-bond donors (Lipinski definition) is 2. The van der Waals surface area contributed by atoms with Crippen LogP contribution in [0.4, 0.5) is 0 Å². The number of H-pyrrole nitrogens is 1. The molecule has 1 aliphatic heterocycles. The number of nitrogens with one attached hydrogen (secondary N) is 2. The van der Waals surface area contributed by atoms with Crippen LogP contribution in [-0.4, -0.2) is 53.4 Å². The lowest BCUT2D eigenvalue weighted by molar-refractivity contribution is -0.127. The molecule has 3 rings (SSSR count). The van der Waals surface area contributed by atoms with Gasteiger partial charge in [0, 0.05) is 30.7 Å². The molecule has 7 heteroatoms. The van der Waals surface area contributed by atoms with Gasteiger partial charge in [-0.05, 0) is 57.9 Å². The molecule has 2 N–H and O–H groups in total. The van der Waals surface area contributed by atoms with Crippen molar-refractivity contribution in [3.05, 3.63) is 22.5 Å². The lowest BCUT2D eigenvalue weighted by atomic mass is 9.84. The average Bonchev–Trinajstić information content (AvgIpc) is 3.07. The number of carbonyl (C=O) groups is 3. The van der Waals surface area contributed by atoms with Gasteiger partial charge in [-0.2, -0.15) is 0 Å². The van der Waals surface area contributed by atoms with E-state index in [-0.39, 0.29) is 23.7 Å². The SMILES string of the molecule is CCOC(=O)c1c(C)[nH]c(C(=O)N2CCC(C(C)C(=O)NC3CCCCC3)CC2)c1C. The summed E-state index contributed by atoms with van der Waals surface area (Å²) < 4.78 is 5.12. The maximum atomic E-state index is 13.1. The minimum atomic E-state index is -0.399. The highest BCUT2D eigenvalue weighted by atomic mass is 16.5. The second kappa shape index (κ2) is 10.3. The molecule has 1 aromatic rings. The van der Waals surface area contributed by atoms with Crippen LogP contribution >= 0.6 is 0 Å². The normalized spacial score (nSPS) is 19.2. The summed E-state index contributed by atoms with van der Waals surface area (Å²) in [6, 6.07) is 0.332. The number of amides is 2. The maximum absolute atomic E-state index is 13.1. The number of esters is 1. The molecule has 1 saturated heterocycles. The van der Waals surface area contributed by atoms with Crippen LogP contribution in [0.5, 0.6) is 0 Å². The second-order valence-corrected chi connectivity index (χ2v) is 9.11. The number of carbonyl (C=O) groups excluding carboxylic acids is 3. The zero-order chi connectivity index (χ0) is 22.5. The van der Waals surface area contributed by atoms with Crippen molar-refractivity contribution >= 4 is 17.8 Å². The Morgan fingerprint density at radius 2 is 1.74 bits per heavy atom. The topological polar surface area (TPSA) is 91.5 Å². The van der Waals surface area contributed by atoms with E-state index in [0.717, 1.165) is 25.7 Å². The van der Waals surface area contributed by atoms with Gasteiger partial charge in [0.15, 0.2) is 0 Å². The molecule has 1 saturated carbocycles. The maximum Gasteiger partial charge on any atom is 0.340 e. The van der Waals surface area contributed by atoms with Crippen molar-refractivity contribution < 1.29 is 19.1 Å². The quantitative estimate of drug-likeness (QED) is 0.671. The fourth-order valence-electron chi connectivity index (χ4n) is 5.03. The number of aryl methyl sites for hydroxylation is 1. The number of piperidine rings is 1. The molecule has 0 spiro atoms. The van der Waals surface area contributed by atoms with E-state index in [1.54, 1.807) is 20.8 Å². The van der Waals surface area contributed by atoms with Gasteiger partial charge in [-0.15, -0.1) is 0 Å². The summed E-state index contributed by atoms with van der Waals surface area (Å²) in [5.41, 5.74) is 2.21. The number of nitrogens with zero attached hydrogens (tertiary/aromatic N) is 1. The highest BCUT2D eigenvalue weighted by Gasteiger charge is 2.33. The Morgan fingerprint density at radius 3 is 2.35 bits per heavy atom. The zero-order valence-corrected chi connectivity index (χ0v) is 19.4. The molecule has 2 amide bonds. The summed E-state index contributed by atoms with van der Waals surface area (Å²) >= 11 is 0. The van der Waals surface area contributed by atoms with E-state index in [1.165, 1.54) is 19.3 Å². The van der Waals surface area contributed by atoms with Gasteiger partial charge in [0.25, 0.3) is 5.91 Å².